The number of halogens is 6. The minimum Gasteiger partial charge on any atom is -0.369 e. The predicted octanol–water partition coefficient (Wildman–Crippen LogP) is 3.94. The van der Waals surface area contributed by atoms with Crippen molar-refractivity contribution in [2.45, 2.75) is 18.0 Å². The molecular formula is C9H5F6N3O. The molecule has 0 aliphatic carbocycles. The highest BCUT2D eigenvalue weighted by Gasteiger charge is 2.71. The maximum Gasteiger partial charge on any atom is 0.430 e. The molecule has 0 aliphatic heterocycles. The van der Waals surface area contributed by atoms with E-state index in [2.05, 4.69) is 10.0 Å². The molecule has 0 heterocycles. The molecule has 0 aliphatic rings. The Hall–Kier alpha value is -1.93. The summed E-state index contributed by atoms with van der Waals surface area (Å²) in [6, 6.07) is 2.25. The molecule has 19 heavy (non-hydrogen) atoms. The molecule has 1 N–H and O–H groups in total. The molecule has 0 saturated heterocycles. The van der Waals surface area contributed by atoms with Crippen molar-refractivity contribution in [1.82, 2.24) is 0 Å². The maximum atomic E-state index is 12.5. The number of hydrogen-bond acceptors (Lipinski definition) is 2. The first-order chi connectivity index (χ1) is 8.54. The SMILES string of the molecule is [N-]=[N+]=Nc1ccc(C(O)(C(F)(F)F)C(F)(F)F)cc1. The first-order valence-electron chi connectivity index (χ1n) is 4.55. The number of azide groups is 1. The van der Waals surface area contributed by atoms with Gasteiger partial charge in [-0.25, -0.2) is 0 Å². The lowest BCUT2D eigenvalue weighted by molar-refractivity contribution is -0.376. The smallest absolute Gasteiger partial charge is 0.369 e. The summed E-state index contributed by atoms with van der Waals surface area (Å²) in [7, 11) is 0. The van der Waals surface area contributed by atoms with E-state index < -0.39 is 23.5 Å². The van der Waals surface area contributed by atoms with E-state index in [1.807, 2.05) is 0 Å². The van der Waals surface area contributed by atoms with E-state index in [0.717, 1.165) is 12.1 Å². The van der Waals surface area contributed by atoms with Crippen LogP contribution in [-0.4, -0.2) is 17.5 Å². The molecule has 0 atom stereocenters. The van der Waals surface area contributed by atoms with E-state index in [9.17, 15) is 26.3 Å². The van der Waals surface area contributed by atoms with Gasteiger partial charge in [0.05, 0.1) is 0 Å². The second-order valence-electron chi connectivity index (χ2n) is 3.44. The van der Waals surface area contributed by atoms with Crippen molar-refractivity contribution >= 4 is 5.69 Å². The minimum atomic E-state index is -5.94. The molecular weight excluding hydrogens is 280 g/mol. The van der Waals surface area contributed by atoms with Gasteiger partial charge in [0.25, 0.3) is 5.60 Å². The van der Waals surface area contributed by atoms with Crippen molar-refractivity contribution in [3.63, 3.8) is 0 Å². The van der Waals surface area contributed by atoms with Crippen molar-refractivity contribution in [2.24, 2.45) is 5.11 Å². The van der Waals surface area contributed by atoms with Crippen LogP contribution in [0.2, 0.25) is 0 Å². The Balaban J connectivity index is 3.39. The van der Waals surface area contributed by atoms with Gasteiger partial charge in [-0.15, -0.1) is 0 Å². The van der Waals surface area contributed by atoms with Crippen molar-refractivity contribution in [3.05, 3.63) is 40.3 Å². The van der Waals surface area contributed by atoms with Gasteiger partial charge in [-0.1, -0.05) is 29.4 Å². The van der Waals surface area contributed by atoms with Crippen LogP contribution in [0.5, 0.6) is 0 Å². The van der Waals surface area contributed by atoms with E-state index >= 15 is 0 Å². The molecule has 1 aromatic carbocycles. The van der Waals surface area contributed by atoms with Crippen LogP contribution >= 0.6 is 0 Å². The molecule has 0 amide bonds. The molecule has 0 radical (unpaired) electrons. The van der Waals surface area contributed by atoms with Crippen LogP contribution in [0.3, 0.4) is 0 Å². The van der Waals surface area contributed by atoms with Crippen molar-refractivity contribution in [2.75, 3.05) is 0 Å². The van der Waals surface area contributed by atoms with Gasteiger partial charge in [-0.05, 0) is 5.53 Å². The lowest BCUT2D eigenvalue weighted by Gasteiger charge is -2.32. The topological polar surface area (TPSA) is 69.0 Å². The molecule has 0 fully saturated rings. The van der Waals surface area contributed by atoms with Crippen LogP contribution in [0.1, 0.15) is 5.56 Å². The molecule has 0 spiro atoms. The zero-order valence-corrected chi connectivity index (χ0v) is 8.87. The Morgan fingerprint density at radius 3 is 1.68 bits per heavy atom. The third-order valence-electron chi connectivity index (χ3n) is 2.27. The van der Waals surface area contributed by atoms with Crippen LogP contribution in [-0.2, 0) is 5.60 Å². The molecule has 10 heteroatoms. The Kier molecular flexibility index (Phi) is 3.69. The van der Waals surface area contributed by atoms with Gasteiger partial charge in [-0.2, -0.15) is 26.3 Å². The average molecular weight is 285 g/mol. The minimum absolute atomic E-state index is 0.182. The largest absolute Gasteiger partial charge is 0.430 e. The van der Waals surface area contributed by atoms with Crippen molar-refractivity contribution in [3.8, 4) is 0 Å². The van der Waals surface area contributed by atoms with Crippen LogP contribution in [0, 0.1) is 0 Å². The first-order valence-corrected chi connectivity index (χ1v) is 4.55. The average Bonchev–Trinajstić information content (AvgIpc) is 2.26. The fraction of sp³-hybridized carbons (Fsp3) is 0.333. The summed E-state index contributed by atoms with van der Waals surface area (Å²) < 4.78 is 74.9. The molecule has 1 aromatic rings. The number of aliphatic hydroxyl groups is 1. The maximum absolute atomic E-state index is 12.5. The molecule has 0 bridgehead atoms. The van der Waals surface area contributed by atoms with Gasteiger partial charge in [0.2, 0.25) is 0 Å². The lowest BCUT2D eigenvalue weighted by atomic mass is 9.92. The Labute approximate surface area is 101 Å². The summed E-state index contributed by atoms with van der Waals surface area (Å²) in [5, 5.41) is 12.0. The summed E-state index contributed by atoms with van der Waals surface area (Å²) in [4.78, 5) is 2.31. The highest BCUT2D eigenvalue weighted by atomic mass is 19.4. The molecule has 1 rings (SSSR count). The van der Waals surface area contributed by atoms with Crippen LogP contribution < -0.4 is 0 Å². The zero-order valence-electron chi connectivity index (χ0n) is 8.87. The van der Waals surface area contributed by atoms with Crippen molar-refractivity contribution < 1.29 is 31.4 Å². The van der Waals surface area contributed by atoms with E-state index in [1.165, 1.54) is 0 Å². The van der Waals surface area contributed by atoms with E-state index in [1.54, 1.807) is 0 Å². The zero-order chi connectivity index (χ0) is 14.9. The first kappa shape index (κ1) is 15.1. The van der Waals surface area contributed by atoms with Gasteiger partial charge in [-0.3, -0.25) is 0 Å². The van der Waals surface area contributed by atoms with Gasteiger partial charge < -0.3 is 5.11 Å². The summed E-state index contributed by atoms with van der Waals surface area (Å²) in [5.74, 6) is 0. The molecule has 0 unspecified atom stereocenters. The third-order valence-corrected chi connectivity index (χ3v) is 2.27. The second kappa shape index (κ2) is 4.63. The Morgan fingerprint density at radius 1 is 0.947 bits per heavy atom. The monoisotopic (exact) mass is 285 g/mol. The summed E-state index contributed by atoms with van der Waals surface area (Å²) in [6.45, 7) is 0. The predicted molar refractivity (Wildman–Crippen MR) is 51.3 cm³/mol. The fourth-order valence-electron chi connectivity index (χ4n) is 1.31. The highest BCUT2D eigenvalue weighted by Crippen LogP contribution is 2.50. The molecule has 0 saturated carbocycles. The second-order valence-corrected chi connectivity index (χ2v) is 3.44. The number of alkyl halides is 6. The highest BCUT2D eigenvalue weighted by molar-refractivity contribution is 5.41. The van der Waals surface area contributed by atoms with Crippen LogP contribution in [0.25, 0.3) is 10.4 Å². The summed E-state index contributed by atoms with van der Waals surface area (Å²) in [5.41, 5.74) is 1.48. The van der Waals surface area contributed by atoms with E-state index in [0.29, 0.717) is 12.1 Å². The fourth-order valence-corrected chi connectivity index (χ4v) is 1.31. The molecule has 4 nitrogen and oxygen atoms in total. The number of nitrogens with zero attached hydrogens (tertiary/aromatic N) is 3. The molecule has 104 valence electrons. The van der Waals surface area contributed by atoms with Crippen LogP contribution in [0.15, 0.2) is 29.4 Å². The standard InChI is InChI=1S/C9H5F6N3O/c10-8(11,12)7(19,9(13,14)15)5-1-3-6(4-2-5)17-18-16/h1-4,19H. The normalized spacial score (nSPS) is 13.0. The summed E-state index contributed by atoms with van der Waals surface area (Å²) in [6.07, 6.45) is -11.9. The van der Waals surface area contributed by atoms with E-state index in [-0.39, 0.29) is 5.69 Å². The van der Waals surface area contributed by atoms with Gasteiger partial charge in [0, 0.05) is 16.2 Å². The van der Waals surface area contributed by atoms with Gasteiger partial charge in [0.1, 0.15) is 0 Å². The quantitative estimate of drug-likeness (QED) is 0.380. The Bertz CT molecular complexity index is 486. The Morgan fingerprint density at radius 2 is 1.37 bits per heavy atom. The lowest BCUT2D eigenvalue weighted by Crippen LogP contribution is -2.53. The third kappa shape index (κ3) is 2.59. The number of benzene rings is 1. The van der Waals surface area contributed by atoms with Crippen molar-refractivity contribution in [1.29, 1.82) is 0 Å². The number of hydrogen-bond donors (Lipinski definition) is 1. The van der Waals surface area contributed by atoms with E-state index in [4.69, 9.17) is 10.6 Å². The van der Waals surface area contributed by atoms with Gasteiger partial charge >= 0.3 is 12.4 Å². The summed E-state index contributed by atoms with van der Waals surface area (Å²) >= 11 is 0. The van der Waals surface area contributed by atoms with Crippen LogP contribution in [0.4, 0.5) is 32.0 Å². The number of rotatable bonds is 2. The van der Waals surface area contributed by atoms with Gasteiger partial charge in [0.15, 0.2) is 0 Å². The molecule has 0 aromatic heterocycles.